The van der Waals surface area contributed by atoms with Gasteiger partial charge in [-0.1, -0.05) is 132 Å². The van der Waals surface area contributed by atoms with E-state index >= 15 is 0 Å². The van der Waals surface area contributed by atoms with Crippen LogP contribution in [0.15, 0.2) is 218 Å². The summed E-state index contributed by atoms with van der Waals surface area (Å²) in [6, 6.07) is 54.1. The van der Waals surface area contributed by atoms with Crippen molar-refractivity contribution in [1.29, 1.82) is 0 Å². The maximum Gasteiger partial charge on any atom is 0.325 e. The number of methoxy groups -OCH3 is 1. The number of fused-ring (bicyclic) bond motifs is 4. The van der Waals surface area contributed by atoms with Crippen LogP contribution in [0.5, 0.6) is 0 Å². The molecule has 0 fully saturated rings. The third kappa shape index (κ3) is 13.5. The SMILES string of the molecule is COC(=O)Cn1cc(C(=O)Nc2nc(-c3ccccc3Cl)cs2)c2ccccc21.Cn1c(Cl)c(C(=O)Nc2ccccn2)c2ccccc21.Cn1cc(C(=O)Nc2ccccn2)c2ccccc21.O=C(Nc1ccccn1)c1c[nH]c2ccccc12. The molecule has 0 aliphatic rings. The lowest BCUT2D eigenvalue weighted by Crippen LogP contribution is -2.13. The van der Waals surface area contributed by atoms with Gasteiger partial charge in [0, 0.05) is 111 Å². The number of nitrogens with zero attached hydrogens (tertiary/aromatic N) is 7. The van der Waals surface area contributed by atoms with Gasteiger partial charge in [-0.2, -0.15) is 0 Å². The lowest BCUT2D eigenvalue weighted by Gasteiger charge is -2.03. The van der Waals surface area contributed by atoms with Gasteiger partial charge in [0.05, 0.1) is 35.1 Å². The number of amides is 4. The number of carbonyl (C=O) groups excluding carboxylic acids is 5. The molecule has 5 aromatic carbocycles. The van der Waals surface area contributed by atoms with E-state index in [0.29, 0.717) is 60.7 Å². The average Bonchev–Trinajstić information content (AvgIpc) is 2.90. The smallest absolute Gasteiger partial charge is 0.325 e. The highest BCUT2D eigenvalue weighted by atomic mass is 35.5. The molecule has 0 aliphatic heterocycles. The summed E-state index contributed by atoms with van der Waals surface area (Å²) in [5.41, 5.74) is 7.39. The number of thiazole rings is 1. The number of ether oxygens (including phenoxy) is 1. The Hall–Kier alpha value is -10.7. The van der Waals surface area contributed by atoms with Crippen LogP contribution in [0.1, 0.15) is 41.4 Å². The number of halogens is 2. The van der Waals surface area contributed by atoms with E-state index < -0.39 is 0 Å². The van der Waals surface area contributed by atoms with Gasteiger partial charge in [-0.05, 0) is 66.7 Å². The maximum atomic E-state index is 12.9. The summed E-state index contributed by atoms with van der Waals surface area (Å²) in [6.07, 6.45) is 10.1. The van der Waals surface area contributed by atoms with Gasteiger partial charge < -0.3 is 39.4 Å². The lowest BCUT2D eigenvalue weighted by molar-refractivity contribution is -0.141. The molecule has 0 aliphatic carbocycles. The number of para-hydroxylation sites is 4. The highest BCUT2D eigenvalue weighted by Crippen LogP contribution is 2.32. The Kier molecular flexibility index (Phi) is 18.4. The molecule has 0 radical (unpaired) electrons. The fourth-order valence-electron chi connectivity index (χ4n) is 9.27. The quantitative estimate of drug-likeness (QED) is 0.0770. The molecule has 21 heteroatoms. The number of anilines is 4. The van der Waals surface area contributed by atoms with Crippen molar-refractivity contribution in [2.75, 3.05) is 28.4 Å². The van der Waals surface area contributed by atoms with Crippen LogP contribution in [0.2, 0.25) is 10.2 Å². The van der Waals surface area contributed by atoms with Crippen LogP contribution in [0.4, 0.5) is 22.6 Å². The molecule has 428 valence electrons. The van der Waals surface area contributed by atoms with Crippen LogP contribution >= 0.6 is 34.5 Å². The molecular weight excluding hydrogens is 1150 g/mol. The fourth-order valence-corrected chi connectivity index (χ4v) is 10.5. The van der Waals surface area contributed by atoms with Gasteiger partial charge in [0.1, 0.15) is 29.2 Å². The average molecular weight is 1200 g/mol. The van der Waals surface area contributed by atoms with Crippen molar-refractivity contribution in [3.63, 3.8) is 0 Å². The van der Waals surface area contributed by atoms with E-state index in [0.717, 1.165) is 49.2 Å². The minimum Gasteiger partial charge on any atom is -0.468 e. The number of hydrogen-bond donors (Lipinski definition) is 5. The number of aromatic nitrogens is 8. The second-order valence-corrected chi connectivity index (χ2v) is 20.5. The predicted octanol–water partition coefficient (Wildman–Crippen LogP) is 14.0. The first-order valence-corrected chi connectivity index (χ1v) is 28.2. The zero-order valence-corrected chi connectivity index (χ0v) is 48.6. The molecule has 13 aromatic rings. The van der Waals surface area contributed by atoms with Crippen molar-refractivity contribution in [2.24, 2.45) is 14.1 Å². The minimum atomic E-state index is -0.387. The van der Waals surface area contributed by atoms with Crippen LogP contribution in [-0.4, -0.2) is 75.3 Å². The third-order valence-electron chi connectivity index (χ3n) is 13.4. The van der Waals surface area contributed by atoms with Gasteiger partial charge in [0.15, 0.2) is 5.13 Å². The van der Waals surface area contributed by atoms with E-state index in [1.807, 2.05) is 170 Å². The molecule has 13 rings (SSSR count). The van der Waals surface area contributed by atoms with Gasteiger partial charge in [-0.15, -0.1) is 11.3 Å². The Labute approximate surface area is 506 Å². The van der Waals surface area contributed by atoms with Crippen molar-refractivity contribution in [3.05, 3.63) is 251 Å². The topological polar surface area (TPSA) is 225 Å². The molecule has 5 N–H and O–H groups in total. The van der Waals surface area contributed by atoms with E-state index in [4.69, 9.17) is 27.9 Å². The van der Waals surface area contributed by atoms with Gasteiger partial charge in [0.2, 0.25) is 0 Å². The first kappa shape index (κ1) is 58.5. The van der Waals surface area contributed by atoms with Crippen LogP contribution in [0.25, 0.3) is 54.9 Å². The zero-order valence-electron chi connectivity index (χ0n) is 46.2. The zero-order chi connectivity index (χ0) is 60.1. The molecular formula is C65H52Cl2N12O6S. The first-order chi connectivity index (χ1) is 41.8. The third-order valence-corrected chi connectivity index (χ3v) is 14.9. The molecule has 0 bridgehead atoms. The van der Waals surface area contributed by atoms with Crippen molar-refractivity contribution < 1.29 is 28.7 Å². The minimum absolute atomic E-state index is 0.0260. The number of carbonyl (C=O) groups is 5. The van der Waals surface area contributed by atoms with E-state index in [1.54, 1.807) is 76.5 Å². The summed E-state index contributed by atoms with van der Waals surface area (Å²) in [6.45, 7) is 0.0260. The van der Waals surface area contributed by atoms with Gasteiger partial charge in [-0.25, -0.2) is 19.9 Å². The number of aryl methyl sites for hydroxylation is 2. The highest BCUT2D eigenvalue weighted by Gasteiger charge is 2.22. The molecule has 8 aromatic heterocycles. The number of aromatic amines is 1. The summed E-state index contributed by atoms with van der Waals surface area (Å²) in [5, 5.41) is 17.9. The Morgan fingerprint density at radius 1 is 0.535 bits per heavy atom. The van der Waals surface area contributed by atoms with E-state index in [9.17, 15) is 24.0 Å². The monoisotopic (exact) mass is 1200 g/mol. The summed E-state index contributed by atoms with van der Waals surface area (Å²) in [7, 11) is 5.10. The standard InChI is InChI=1S/C21H16ClN3O3S.C15H12ClN3O.C15H13N3O.C14H11N3O/c1-28-19(26)11-25-10-15(13-6-3-5-9-18(13)25)20(27)24-21-23-17(12-29-21)14-7-2-4-8-16(14)22;1-19-11-7-3-2-6-10(11)13(14(19)16)15(20)18-12-8-4-5-9-17-12;1-18-10-12(11-6-2-3-7-13(11)18)15(19)17-14-8-4-5-9-16-14;18-14(17-13-7-3-4-8-15-13)11-9-16-12-6-2-1-5-10(11)12/h2-10,12H,11H2,1H3,(H,23,24,27);2-9H,1H3,(H,17,18,20);2-10H,1H3,(H,16,17,19);1-9,16H,(H,15,17,18). The van der Waals surface area contributed by atoms with Crippen molar-refractivity contribution in [3.8, 4) is 11.3 Å². The number of hydrogen-bond acceptors (Lipinski definition) is 11. The summed E-state index contributed by atoms with van der Waals surface area (Å²) < 4.78 is 10.2. The fraction of sp³-hybridized carbons (Fsp3) is 0.0615. The largest absolute Gasteiger partial charge is 0.468 e. The number of pyridine rings is 3. The molecule has 4 amide bonds. The van der Waals surface area contributed by atoms with E-state index in [2.05, 4.69) is 46.2 Å². The summed E-state index contributed by atoms with van der Waals surface area (Å²) in [4.78, 5) is 81.2. The Bertz CT molecular complexity index is 4560. The number of benzene rings is 5. The maximum absolute atomic E-state index is 12.9. The predicted molar refractivity (Wildman–Crippen MR) is 340 cm³/mol. The van der Waals surface area contributed by atoms with Crippen LogP contribution < -0.4 is 21.3 Å². The van der Waals surface area contributed by atoms with E-state index in [-0.39, 0.29) is 36.1 Å². The number of nitrogens with one attached hydrogen (secondary N) is 5. The van der Waals surface area contributed by atoms with Gasteiger partial charge >= 0.3 is 5.97 Å². The lowest BCUT2D eigenvalue weighted by atomic mass is 10.1. The summed E-state index contributed by atoms with van der Waals surface area (Å²) in [5.74, 6) is 0.355. The van der Waals surface area contributed by atoms with Crippen molar-refractivity contribution in [1.82, 2.24) is 38.6 Å². The number of rotatable bonds is 11. The Balaban J connectivity index is 0.000000130. The van der Waals surface area contributed by atoms with Crippen molar-refractivity contribution in [2.45, 2.75) is 6.54 Å². The Morgan fingerprint density at radius 2 is 1.03 bits per heavy atom. The second-order valence-electron chi connectivity index (χ2n) is 18.9. The molecule has 0 unspecified atom stereocenters. The van der Waals surface area contributed by atoms with E-state index in [1.165, 1.54) is 18.4 Å². The number of esters is 1. The molecule has 0 spiro atoms. The number of H-pyrrole nitrogens is 1. The highest BCUT2D eigenvalue weighted by molar-refractivity contribution is 7.14. The van der Waals surface area contributed by atoms with Crippen LogP contribution in [0, 0.1) is 0 Å². The second kappa shape index (κ2) is 27.1. The molecule has 0 saturated heterocycles. The molecule has 86 heavy (non-hydrogen) atoms. The molecule has 0 atom stereocenters. The van der Waals surface area contributed by atoms with Gasteiger partial charge in [-0.3, -0.25) is 29.3 Å². The van der Waals surface area contributed by atoms with Gasteiger partial charge in [0.25, 0.3) is 23.6 Å². The summed E-state index contributed by atoms with van der Waals surface area (Å²) >= 11 is 13.8. The molecule has 18 nitrogen and oxygen atoms in total. The first-order valence-electron chi connectivity index (χ1n) is 26.5. The Morgan fingerprint density at radius 3 is 1.65 bits per heavy atom. The normalized spacial score (nSPS) is 10.7. The van der Waals surface area contributed by atoms with Crippen LogP contribution in [0.3, 0.4) is 0 Å². The molecule has 0 saturated carbocycles. The van der Waals surface area contributed by atoms with Crippen molar-refractivity contribution >= 4 is 130 Å². The molecule has 8 heterocycles. The van der Waals surface area contributed by atoms with Crippen LogP contribution in [-0.2, 0) is 30.2 Å².